The average Bonchev–Trinajstić information content (AvgIpc) is 2.67. The molecule has 0 spiro atoms. The zero-order valence-electron chi connectivity index (χ0n) is 14.2. The van der Waals surface area contributed by atoms with Crippen LogP contribution in [-0.2, 0) is 11.3 Å². The van der Waals surface area contributed by atoms with E-state index >= 15 is 0 Å². The first kappa shape index (κ1) is 18.8. The van der Waals surface area contributed by atoms with Gasteiger partial charge in [-0.15, -0.1) is 0 Å². The number of hydrogen-bond donors (Lipinski definition) is 1. The maximum absolute atomic E-state index is 11.9. The molecule has 0 aliphatic rings. The third-order valence-electron chi connectivity index (χ3n) is 3.42. The number of alkyl carbamates (subject to hydrolysis) is 1. The Morgan fingerprint density at radius 1 is 1.04 bits per heavy atom. The Kier molecular flexibility index (Phi) is 7.45. The van der Waals surface area contributed by atoms with Crippen LogP contribution in [0.25, 0.3) is 0 Å². The minimum absolute atomic E-state index is 0.173. The summed E-state index contributed by atoms with van der Waals surface area (Å²) >= 11 is 0. The molecule has 0 bridgehead atoms. The first-order valence-corrected chi connectivity index (χ1v) is 8.13. The van der Waals surface area contributed by atoms with Gasteiger partial charge in [-0.2, -0.15) is 5.26 Å². The molecule has 1 N–H and O–H groups in total. The van der Waals surface area contributed by atoms with Gasteiger partial charge in [0.25, 0.3) is 0 Å². The summed E-state index contributed by atoms with van der Waals surface area (Å²) in [5.41, 5.74) is 1.94. The van der Waals surface area contributed by atoms with Crippen molar-refractivity contribution in [3.8, 4) is 17.9 Å². The number of carbonyl (C=O) groups excluding carboxylic acids is 2. The second-order valence-electron chi connectivity index (χ2n) is 5.34. The molecule has 0 heterocycles. The van der Waals surface area contributed by atoms with E-state index in [-0.39, 0.29) is 18.8 Å². The maximum Gasteiger partial charge on any atom is 0.407 e. The van der Waals surface area contributed by atoms with Crippen LogP contribution in [0.3, 0.4) is 0 Å². The summed E-state index contributed by atoms with van der Waals surface area (Å²) in [7, 11) is 0. The van der Waals surface area contributed by atoms with E-state index in [9.17, 15) is 9.59 Å². The van der Waals surface area contributed by atoms with E-state index in [1.54, 1.807) is 24.3 Å². The summed E-state index contributed by atoms with van der Waals surface area (Å²) in [6.45, 7) is 0.557. The summed E-state index contributed by atoms with van der Waals surface area (Å²) in [5.74, 6) is 5.57. The smallest absolute Gasteiger partial charge is 0.407 e. The van der Waals surface area contributed by atoms with Gasteiger partial charge in [-0.25, -0.2) is 4.79 Å². The van der Waals surface area contributed by atoms with E-state index in [1.807, 2.05) is 36.4 Å². The van der Waals surface area contributed by atoms with Crippen LogP contribution in [-0.4, -0.2) is 18.4 Å². The van der Waals surface area contributed by atoms with Crippen molar-refractivity contribution >= 4 is 11.9 Å². The number of carbonyl (C=O) groups is 2. The van der Waals surface area contributed by atoms with Crippen LogP contribution in [0.15, 0.2) is 54.6 Å². The zero-order valence-corrected chi connectivity index (χ0v) is 14.2. The summed E-state index contributed by atoms with van der Waals surface area (Å²) in [4.78, 5) is 23.5. The molecule has 2 aromatic rings. The van der Waals surface area contributed by atoms with Crippen LogP contribution in [0.2, 0.25) is 0 Å². The van der Waals surface area contributed by atoms with Crippen molar-refractivity contribution < 1.29 is 14.3 Å². The van der Waals surface area contributed by atoms with Gasteiger partial charge in [0.1, 0.15) is 6.61 Å². The van der Waals surface area contributed by atoms with Crippen molar-refractivity contribution in [2.24, 2.45) is 0 Å². The van der Waals surface area contributed by atoms with Crippen molar-refractivity contribution in [2.45, 2.75) is 19.4 Å². The molecule has 0 atom stereocenters. The molecule has 0 aliphatic heterocycles. The van der Waals surface area contributed by atoms with Crippen LogP contribution in [0, 0.1) is 23.2 Å². The highest BCUT2D eigenvalue weighted by Gasteiger charge is 2.08. The van der Waals surface area contributed by atoms with Gasteiger partial charge in [-0.1, -0.05) is 60.4 Å². The van der Waals surface area contributed by atoms with Crippen LogP contribution < -0.4 is 5.32 Å². The van der Waals surface area contributed by atoms with E-state index in [0.29, 0.717) is 24.1 Å². The number of nitrogens with zero attached hydrogens (tertiary/aromatic N) is 1. The van der Waals surface area contributed by atoms with Crippen LogP contribution >= 0.6 is 0 Å². The highest BCUT2D eigenvalue weighted by molar-refractivity contribution is 5.99. The van der Waals surface area contributed by atoms with Crippen molar-refractivity contribution in [3.05, 3.63) is 71.3 Å². The fraction of sp³-hybridized carbons (Fsp3) is 0.190. The third kappa shape index (κ3) is 6.14. The Labute approximate surface area is 152 Å². The number of nitriles is 1. The number of benzene rings is 2. The average molecular weight is 346 g/mol. The van der Waals surface area contributed by atoms with Gasteiger partial charge in [0.2, 0.25) is 0 Å². The lowest BCUT2D eigenvalue weighted by molar-refractivity contribution is 0.0997. The predicted octanol–water partition coefficient (Wildman–Crippen LogP) is 3.45. The SMILES string of the molecule is N#CCC(=O)c1ccccc1C#CCCNC(=O)OCc1ccccc1. The molecular formula is C21H18N2O3. The van der Waals surface area contributed by atoms with Gasteiger partial charge in [0, 0.05) is 24.1 Å². The molecule has 0 aromatic heterocycles. The van der Waals surface area contributed by atoms with Crippen molar-refractivity contribution in [1.82, 2.24) is 5.32 Å². The Hall–Kier alpha value is -3.57. The summed E-state index contributed by atoms with van der Waals surface area (Å²) in [5, 5.41) is 11.3. The number of ether oxygens (including phenoxy) is 1. The Morgan fingerprint density at radius 2 is 1.77 bits per heavy atom. The molecule has 0 fully saturated rings. The van der Waals surface area contributed by atoms with E-state index < -0.39 is 6.09 Å². The van der Waals surface area contributed by atoms with Gasteiger partial charge in [-0.05, 0) is 11.6 Å². The highest BCUT2D eigenvalue weighted by atomic mass is 16.5. The van der Waals surface area contributed by atoms with Gasteiger partial charge in [-0.3, -0.25) is 4.79 Å². The second-order valence-corrected chi connectivity index (χ2v) is 5.34. The van der Waals surface area contributed by atoms with Gasteiger partial charge < -0.3 is 10.1 Å². The molecule has 0 radical (unpaired) electrons. The minimum atomic E-state index is -0.500. The number of hydrogen-bond acceptors (Lipinski definition) is 4. The maximum atomic E-state index is 11.9. The van der Waals surface area contributed by atoms with Crippen LogP contribution in [0.4, 0.5) is 4.79 Å². The fourth-order valence-corrected chi connectivity index (χ4v) is 2.16. The fourth-order valence-electron chi connectivity index (χ4n) is 2.16. The monoisotopic (exact) mass is 346 g/mol. The molecule has 0 aliphatic carbocycles. The second kappa shape index (κ2) is 10.3. The standard InChI is InChI=1S/C21H18N2O3/c22-14-13-20(24)19-12-5-4-10-18(19)11-6-7-15-23-21(25)26-16-17-8-2-1-3-9-17/h1-5,8-10,12H,7,13,15-16H2,(H,23,25). The predicted molar refractivity (Wildman–Crippen MR) is 97.1 cm³/mol. The molecule has 0 unspecified atom stereocenters. The van der Waals surface area contributed by atoms with Crippen molar-refractivity contribution in [1.29, 1.82) is 5.26 Å². The largest absolute Gasteiger partial charge is 0.445 e. The molecular weight excluding hydrogens is 328 g/mol. The molecule has 0 saturated carbocycles. The Balaban J connectivity index is 1.78. The lowest BCUT2D eigenvalue weighted by atomic mass is 10.0. The number of rotatable bonds is 6. The number of ketones is 1. The normalized spacial score (nSPS) is 9.35. The highest BCUT2D eigenvalue weighted by Crippen LogP contribution is 2.10. The number of amides is 1. The molecule has 1 amide bonds. The van der Waals surface area contributed by atoms with Gasteiger partial charge in [0.05, 0.1) is 12.5 Å². The van der Waals surface area contributed by atoms with E-state index in [4.69, 9.17) is 10.00 Å². The Bertz CT molecular complexity index is 858. The summed E-state index contributed by atoms with van der Waals surface area (Å²) < 4.78 is 5.10. The van der Waals surface area contributed by atoms with Gasteiger partial charge >= 0.3 is 6.09 Å². The van der Waals surface area contributed by atoms with E-state index in [1.165, 1.54) is 0 Å². The zero-order chi connectivity index (χ0) is 18.6. The molecule has 26 heavy (non-hydrogen) atoms. The molecule has 0 saturated heterocycles. The topological polar surface area (TPSA) is 79.2 Å². The molecule has 5 heteroatoms. The summed E-state index contributed by atoms with van der Waals surface area (Å²) in [6, 6.07) is 18.2. The molecule has 130 valence electrons. The first-order chi connectivity index (χ1) is 12.7. The van der Waals surface area contributed by atoms with E-state index in [0.717, 1.165) is 5.56 Å². The molecule has 2 rings (SSSR count). The van der Waals surface area contributed by atoms with Crippen molar-refractivity contribution in [2.75, 3.05) is 6.54 Å². The Morgan fingerprint density at radius 3 is 2.54 bits per heavy atom. The molecule has 5 nitrogen and oxygen atoms in total. The molecule has 2 aromatic carbocycles. The third-order valence-corrected chi connectivity index (χ3v) is 3.42. The van der Waals surface area contributed by atoms with Crippen LogP contribution in [0.1, 0.15) is 34.3 Å². The lowest BCUT2D eigenvalue weighted by Gasteiger charge is -2.05. The van der Waals surface area contributed by atoms with E-state index in [2.05, 4.69) is 17.2 Å². The van der Waals surface area contributed by atoms with Gasteiger partial charge in [0.15, 0.2) is 5.78 Å². The number of nitrogens with one attached hydrogen (secondary N) is 1. The minimum Gasteiger partial charge on any atom is -0.445 e. The van der Waals surface area contributed by atoms with Crippen LogP contribution in [0.5, 0.6) is 0 Å². The van der Waals surface area contributed by atoms with Crippen molar-refractivity contribution in [3.63, 3.8) is 0 Å². The summed E-state index contributed by atoms with van der Waals surface area (Å²) in [6.07, 6.45) is -0.255. The lowest BCUT2D eigenvalue weighted by Crippen LogP contribution is -2.24. The quantitative estimate of drug-likeness (QED) is 0.493. The first-order valence-electron chi connectivity index (χ1n) is 8.13. The number of Topliss-reactive ketones (excluding diaryl/α,β-unsaturated/α-hetero) is 1.